The second-order valence-corrected chi connectivity index (χ2v) is 7.23. The van der Waals surface area contributed by atoms with Crippen molar-refractivity contribution in [3.05, 3.63) is 35.9 Å². The zero-order chi connectivity index (χ0) is 16.2. The third-order valence-corrected chi connectivity index (χ3v) is 5.79. The van der Waals surface area contributed by atoms with E-state index in [1.165, 1.54) is 0 Å². The van der Waals surface area contributed by atoms with Gasteiger partial charge in [0.1, 0.15) is 17.1 Å². The molecule has 0 aromatic carbocycles. The highest BCUT2D eigenvalue weighted by Gasteiger charge is 2.51. The van der Waals surface area contributed by atoms with E-state index in [9.17, 15) is 9.90 Å². The number of fused-ring (bicyclic) bond motifs is 1. The summed E-state index contributed by atoms with van der Waals surface area (Å²) < 4.78 is 3.71. The lowest BCUT2D eigenvalue weighted by atomic mass is 9.92. The number of imidazole rings is 2. The summed E-state index contributed by atoms with van der Waals surface area (Å²) >= 11 is 0. The fourth-order valence-corrected chi connectivity index (χ4v) is 4.80. The zero-order valence-corrected chi connectivity index (χ0v) is 13.5. The van der Waals surface area contributed by atoms with E-state index in [4.69, 9.17) is 0 Å². The molecule has 2 heterocycles. The number of carbonyl (C=O) groups excluding carboxylic acids is 1. The highest BCUT2D eigenvalue weighted by molar-refractivity contribution is 5.74. The third-order valence-electron chi connectivity index (χ3n) is 5.79. The number of rotatable bonds is 3. The molecule has 1 N–H and O–H groups in total. The summed E-state index contributed by atoms with van der Waals surface area (Å²) in [6.07, 6.45) is 9.75. The van der Waals surface area contributed by atoms with Crippen LogP contribution in [0.2, 0.25) is 0 Å². The van der Waals surface area contributed by atoms with Gasteiger partial charge in [0.05, 0.1) is 12.0 Å². The third kappa shape index (κ3) is 2.16. The van der Waals surface area contributed by atoms with Crippen LogP contribution >= 0.6 is 0 Å². The Hall–Kier alpha value is -1.95. The Kier molecular flexibility index (Phi) is 3.20. The fourth-order valence-electron chi connectivity index (χ4n) is 4.80. The van der Waals surface area contributed by atoms with Crippen molar-refractivity contribution in [2.45, 2.75) is 37.2 Å². The minimum absolute atomic E-state index is 0.331. The molecule has 2 aromatic rings. The molecule has 0 saturated heterocycles. The van der Waals surface area contributed by atoms with Gasteiger partial charge in [-0.25, -0.2) is 9.97 Å². The van der Waals surface area contributed by atoms with Crippen molar-refractivity contribution in [1.29, 1.82) is 0 Å². The molecule has 0 radical (unpaired) electrons. The van der Waals surface area contributed by atoms with Crippen molar-refractivity contribution in [2.24, 2.45) is 25.9 Å². The van der Waals surface area contributed by atoms with Crippen molar-refractivity contribution in [2.75, 3.05) is 0 Å². The molecule has 0 aliphatic heterocycles. The Morgan fingerprint density at radius 1 is 1.22 bits per heavy atom. The lowest BCUT2D eigenvalue weighted by Gasteiger charge is -2.24. The number of nitrogens with zero attached hydrogens (tertiary/aromatic N) is 4. The van der Waals surface area contributed by atoms with Crippen molar-refractivity contribution in [1.82, 2.24) is 19.1 Å². The van der Waals surface area contributed by atoms with E-state index in [1.807, 2.05) is 24.9 Å². The molecule has 122 valence electrons. The molecule has 0 amide bonds. The lowest BCUT2D eigenvalue weighted by Crippen LogP contribution is -2.27. The maximum atomic E-state index is 11.3. The summed E-state index contributed by atoms with van der Waals surface area (Å²) in [5.41, 5.74) is 0.808. The van der Waals surface area contributed by atoms with E-state index >= 15 is 0 Å². The summed E-state index contributed by atoms with van der Waals surface area (Å²) in [4.78, 5) is 20.1. The van der Waals surface area contributed by atoms with Gasteiger partial charge >= 0.3 is 0 Å². The van der Waals surface area contributed by atoms with Crippen LogP contribution < -0.4 is 0 Å². The summed E-state index contributed by atoms with van der Waals surface area (Å²) in [6.45, 7) is 0. The van der Waals surface area contributed by atoms with Crippen molar-refractivity contribution >= 4 is 6.29 Å². The fraction of sp³-hybridized carbons (Fsp3) is 0.588. The van der Waals surface area contributed by atoms with Gasteiger partial charge in [-0.3, -0.25) is 4.79 Å². The molecule has 23 heavy (non-hydrogen) atoms. The van der Waals surface area contributed by atoms with Crippen LogP contribution in [0.3, 0.4) is 0 Å². The van der Waals surface area contributed by atoms with Crippen LogP contribution in [0.5, 0.6) is 0 Å². The minimum Gasteiger partial charge on any atom is -0.382 e. The van der Waals surface area contributed by atoms with E-state index in [0.717, 1.165) is 43.5 Å². The summed E-state index contributed by atoms with van der Waals surface area (Å²) in [6, 6.07) is 0. The van der Waals surface area contributed by atoms with Gasteiger partial charge in [0, 0.05) is 32.4 Å². The Morgan fingerprint density at radius 2 is 1.91 bits per heavy atom. The topological polar surface area (TPSA) is 72.9 Å². The quantitative estimate of drug-likeness (QED) is 0.876. The minimum atomic E-state index is -0.809. The standard InChI is InChI=1S/C17H22N4O2/c1-20-4-3-18-16(20)17(23)7-12-5-11(6-13(12)8-17)15-14(9-22)21(2)10-19-15/h3-4,9-13,23H,5-8H2,1-2H3. The number of aryl methyl sites for hydroxylation is 2. The first kappa shape index (κ1) is 14.6. The second-order valence-electron chi connectivity index (χ2n) is 7.23. The molecular formula is C17H22N4O2. The first-order chi connectivity index (χ1) is 11.0. The highest BCUT2D eigenvalue weighted by Crippen LogP contribution is 2.56. The van der Waals surface area contributed by atoms with Gasteiger partial charge in [-0.1, -0.05) is 0 Å². The van der Waals surface area contributed by atoms with Crippen molar-refractivity contribution < 1.29 is 9.90 Å². The van der Waals surface area contributed by atoms with E-state index in [-0.39, 0.29) is 0 Å². The van der Waals surface area contributed by atoms with Crippen LogP contribution in [-0.4, -0.2) is 30.5 Å². The molecule has 2 aliphatic rings. The van der Waals surface area contributed by atoms with E-state index in [1.54, 1.807) is 17.1 Å². The Labute approximate surface area is 135 Å². The van der Waals surface area contributed by atoms with Crippen molar-refractivity contribution in [3.63, 3.8) is 0 Å². The molecule has 6 heteroatoms. The van der Waals surface area contributed by atoms with Crippen molar-refractivity contribution in [3.8, 4) is 0 Å². The molecule has 2 aliphatic carbocycles. The van der Waals surface area contributed by atoms with Crippen LogP contribution in [0.1, 0.15) is 53.6 Å². The maximum absolute atomic E-state index is 11.3. The Bertz CT molecular complexity index is 734. The lowest BCUT2D eigenvalue weighted by molar-refractivity contribution is 0.0228. The van der Waals surface area contributed by atoms with Crippen LogP contribution in [0.4, 0.5) is 0 Å². The summed E-state index contributed by atoms with van der Waals surface area (Å²) in [5.74, 6) is 2.05. The van der Waals surface area contributed by atoms with Gasteiger partial charge in [0.25, 0.3) is 0 Å². The van der Waals surface area contributed by atoms with Crippen LogP contribution in [0.15, 0.2) is 18.7 Å². The first-order valence-electron chi connectivity index (χ1n) is 8.18. The highest BCUT2D eigenvalue weighted by atomic mass is 16.3. The molecule has 2 aromatic heterocycles. The van der Waals surface area contributed by atoms with E-state index in [0.29, 0.717) is 23.4 Å². The molecule has 0 bridgehead atoms. The number of aromatic nitrogens is 4. The number of carbonyl (C=O) groups is 1. The molecule has 2 saturated carbocycles. The zero-order valence-electron chi connectivity index (χ0n) is 13.5. The number of hydrogen-bond acceptors (Lipinski definition) is 4. The maximum Gasteiger partial charge on any atom is 0.168 e. The Balaban J connectivity index is 1.54. The van der Waals surface area contributed by atoms with Gasteiger partial charge in [-0.2, -0.15) is 0 Å². The largest absolute Gasteiger partial charge is 0.382 e. The van der Waals surface area contributed by atoms with Crippen LogP contribution in [0.25, 0.3) is 0 Å². The van der Waals surface area contributed by atoms with Gasteiger partial charge < -0.3 is 14.2 Å². The summed E-state index contributed by atoms with van der Waals surface area (Å²) in [5, 5.41) is 11.0. The van der Waals surface area contributed by atoms with E-state index < -0.39 is 5.60 Å². The molecule has 2 atom stereocenters. The van der Waals surface area contributed by atoms with Gasteiger partial charge in [0.15, 0.2) is 6.29 Å². The van der Waals surface area contributed by atoms with Gasteiger partial charge in [-0.15, -0.1) is 0 Å². The normalized spacial score (nSPS) is 33.1. The molecule has 2 fully saturated rings. The number of hydrogen-bond donors (Lipinski definition) is 1. The van der Waals surface area contributed by atoms with Crippen LogP contribution in [0, 0.1) is 11.8 Å². The average molecular weight is 314 g/mol. The van der Waals surface area contributed by atoms with Gasteiger partial charge in [-0.05, 0) is 37.5 Å². The predicted molar refractivity (Wildman–Crippen MR) is 83.9 cm³/mol. The van der Waals surface area contributed by atoms with Crippen LogP contribution in [-0.2, 0) is 19.7 Å². The van der Waals surface area contributed by atoms with E-state index in [2.05, 4.69) is 9.97 Å². The number of aliphatic hydroxyl groups is 1. The smallest absolute Gasteiger partial charge is 0.168 e. The average Bonchev–Trinajstić information content (AvgIpc) is 3.21. The first-order valence-corrected chi connectivity index (χ1v) is 8.18. The molecule has 2 unspecified atom stereocenters. The predicted octanol–water partition coefficient (Wildman–Crippen LogP) is 1.76. The monoisotopic (exact) mass is 314 g/mol. The molecule has 6 nitrogen and oxygen atoms in total. The second kappa shape index (κ2) is 5.03. The molecule has 4 rings (SSSR count). The molecular weight excluding hydrogens is 292 g/mol. The van der Waals surface area contributed by atoms with Gasteiger partial charge in [0.2, 0.25) is 0 Å². The molecule has 0 spiro atoms. The Morgan fingerprint density at radius 3 is 2.48 bits per heavy atom. The SMILES string of the molecule is Cn1ccnc1C1(O)CC2CC(c3ncn(C)c3C=O)CC2C1. The number of aldehydes is 1. The summed E-state index contributed by atoms with van der Waals surface area (Å²) in [7, 11) is 3.79.